The standard InChI is InChI=1S/C13H19F3N2/c1-2-8-18-12(4-3-7-13(14,15)16)11-5-9-17-10-6-11/h5-6,9-10,12,18H,2-4,7-8H2,1H3. The number of rotatable bonds is 7. The lowest BCUT2D eigenvalue weighted by Gasteiger charge is -2.19. The fraction of sp³-hybridized carbons (Fsp3) is 0.615. The molecule has 0 fully saturated rings. The summed E-state index contributed by atoms with van der Waals surface area (Å²) in [5.41, 5.74) is 1.00. The van der Waals surface area contributed by atoms with Crippen LogP contribution in [0.25, 0.3) is 0 Å². The number of nitrogens with one attached hydrogen (secondary N) is 1. The molecule has 1 atom stereocenters. The first-order valence-corrected chi connectivity index (χ1v) is 6.23. The van der Waals surface area contributed by atoms with Gasteiger partial charge in [0.1, 0.15) is 0 Å². The van der Waals surface area contributed by atoms with E-state index in [0.29, 0.717) is 6.42 Å². The highest BCUT2D eigenvalue weighted by Crippen LogP contribution is 2.26. The minimum absolute atomic E-state index is 0.0182. The molecule has 0 aliphatic heterocycles. The van der Waals surface area contributed by atoms with Crippen molar-refractivity contribution in [3.8, 4) is 0 Å². The zero-order valence-electron chi connectivity index (χ0n) is 10.5. The van der Waals surface area contributed by atoms with Crippen molar-refractivity contribution in [2.24, 2.45) is 0 Å². The molecule has 0 saturated heterocycles. The molecule has 1 aromatic rings. The SMILES string of the molecule is CCCNC(CCCC(F)(F)F)c1ccncc1. The molecular formula is C13H19F3N2. The molecule has 102 valence electrons. The van der Waals surface area contributed by atoms with E-state index < -0.39 is 12.6 Å². The Balaban J connectivity index is 2.51. The van der Waals surface area contributed by atoms with Gasteiger partial charge in [-0.3, -0.25) is 4.98 Å². The van der Waals surface area contributed by atoms with Crippen LogP contribution >= 0.6 is 0 Å². The number of halogens is 3. The van der Waals surface area contributed by atoms with E-state index in [4.69, 9.17) is 0 Å². The Morgan fingerprint density at radius 2 is 1.94 bits per heavy atom. The van der Waals surface area contributed by atoms with Crippen LogP contribution in [0, 0.1) is 0 Å². The van der Waals surface area contributed by atoms with Gasteiger partial charge in [-0.1, -0.05) is 6.92 Å². The summed E-state index contributed by atoms with van der Waals surface area (Å²) in [5.74, 6) is 0. The molecule has 5 heteroatoms. The maximum Gasteiger partial charge on any atom is 0.389 e. The summed E-state index contributed by atoms with van der Waals surface area (Å²) < 4.78 is 36.4. The highest BCUT2D eigenvalue weighted by molar-refractivity contribution is 5.14. The number of nitrogens with zero attached hydrogens (tertiary/aromatic N) is 1. The third-order valence-corrected chi connectivity index (χ3v) is 2.70. The molecule has 0 aromatic carbocycles. The first-order chi connectivity index (χ1) is 8.53. The molecular weight excluding hydrogens is 241 g/mol. The molecule has 0 radical (unpaired) electrons. The molecule has 0 bridgehead atoms. The molecule has 0 aliphatic rings. The lowest BCUT2D eigenvalue weighted by molar-refractivity contribution is -0.135. The summed E-state index contributed by atoms with van der Waals surface area (Å²) in [4.78, 5) is 3.92. The van der Waals surface area contributed by atoms with E-state index in [9.17, 15) is 13.2 Å². The van der Waals surface area contributed by atoms with Gasteiger partial charge in [-0.05, 0) is 43.5 Å². The van der Waals surface area contributed by atoms with Crippen LogP contribution in [-0.2, 0) is 0 Å². The van der Waals surface area contributed by atoms with E-state index >= 15 is 0 Å². The minimum atomic E-state index is -4.06. The number of hydrogen-bond acceptors (Lipinski definition) is 2. The van der Waals surface area contributed by atoms with E-state index in [1.54, 1.807) is 12.4 Å². The average Bonchev–Trinajstić information content (AvgIpc) is 2.33. The normalized spacial score (nSPS) is 13.6. The monoisotopic (exact) mass is 260 g/mol. The van der Waals surface area contributed by atoms with Crippen LogP contribution in [0.15, 0.2) is 24.5 Å². The fourth-order valence-corrected chi connectivity index (χ4v) is 1.81. The average molecular weight is 260 g/mol. The number of hydrogen-bond donors (Lipinski definition) is 1. The third-order valence-electron chi connectivity index (χ3n) is 2.70. The van der Waals surface area contributed by atoms with Gasteiger partial charge in [0.05, 0.1) is 0 Å². The second kappa shape index (κ2) is 7.36. The lowest BCUT2D eigenvalue weighted by atomic mass is 10.0. The predicted octanol–water partition coefficient (Wildman–Crippen LogP) is 3.85. The van der Waals surface area contributed by atoms with Gasteiger partial charge in [0.25, 0.3) is 0 Å². The van der Waals surface area contributed by atoms with Gasteiger partial charge in [-0.25, -0.2) is 0 Å². The molecule has 2 nitrogen and oxygen atoms in total. The second-order valence-electron chi connectivity index (χ2n) is 4.29. The Bertz CT molecular complexity index is 325. The maximum atomic E-state index is 12.1. The molecule has 1 rings (SSSR count). The summed E-state index contributed by atoms with van der Waals surface area (Å²) in [6.07, 6.45) is 0.146. The quantitative estimate of drug-likeness (QED) is 0.805. The van der Waals surface area contributed by atoms with Gasteiger partial charge in [-0.15, -0.1) is 0 Å². The Kier molecular flexibility index (Phi) is 6.12. The Morgan fingerprint density at radius 1 is 1.28 bits per heavy atom. The molecule has 1 N–H and O–H groups in total. The minimum Gasteiger partial charge on any atom is -0.310 e. The van der Waals surface area contributed by atoms with E-state index in [2.05, 4.69) is 10.3 Å². The third kappa shape index (κ3) is 6.00. The smallest absolute Gasteiger partial charge is 0.310 e. The molecule has 1 aromatic heterocycles. The summed E-state index contributed by atoms with van der Waals surface area (Å²) in [6, 6.07) is 3.68. The summed E-state index contributed by atoms with van der Waals surface area (Å²) in [6.45, 7) is 2.84. The van der Waals surface area contributed by atoms with Gasteiger partial charge in [0.2, 0.25) is 0 Å². The first-order valence-electron chi connectivity index (χ1n) is 6.23. The summed E-state index contributed by atoms with van der Waals surface area (Å²) >= 11 is 0. The molecule has 0 saturated carbocycles. The summed E-state index contributed by atoms with van der Waals surface area (Å²) in [5, 5.41) is 3.28. The van der Waals surface area contributed by atoms with Gasteiger partial charge in [-0.2, -0.15) is 13.2 Å². The molecule has 0 spiro atoms. The molecule has 1 unspecified atom stereocenters. The van der Waals surface area contributed by atoms with Crippen molar-refractivity contribution >= 4 is 0 Å². The van der Waals surface area contributed by atoms with Crippen LogP contribution in [0.2, 0.25) is 0 Å². The molecule has 0 aliphatic carbocycles. The predicted molar refractivity (Wildman–Crippen MR) is 65.2 cm³/mol. The van der Waals surface area contributed by atoms with Gasteiger partial charge >= 0.3 is 6.18 Å². The summed E-state index contributed by atoms with van der Waals surface area (Å²) in [7, 11) is 0. The zero-order chi connectivity index (χ0) is 13.4. The highest BCUT2D eigenvalue weighted by atomic mass is 19.4. The van der Waals surface area contributed by atoms with Crippen LogP contribution in [0.5, 0.6) is 0 Å². The zero-order valence-corrected chi connectivity index (χ0v) is 10.5. The van der Waals surface area contributed by atoms with E-state index in [-0.39, 0.29) is 12.5 Å². The highest BCUT2D eigenvalue weighted by Gasteiger charge is 2.26. The molecule has 0 amide bonds. The largest absolute Gasteiger partial charge is 0.389 e. The van der Waals surface area contributed by atoms with Gasteiger partial charge in [0, 0.05) is 24.9 Å². The van der Waals surface area contributed by atoms with Crippen LogP contribution in [-0.4, -0.2) is 17.7 Å². The van der Waals surface area contributed by atoms with Crippen molar-refractivity contribution in [1.82, 2.24) is 10.3 Å². The topological polar surface area (TPSA) is 24.9 Å². The molecule has 18 heavy (non-hydrogen) atoms. The van der Waals surface area contributed by atoms with Crippen molar-refractivity contribution < 1.29 is 13.2 Å². The second-order valence-corrected chi connectivity index (χ2v) is 4.29. The van der Waals surface area contributed by atoms with Gasteiger partial charge < -0.3 is 5.32 Å². The van der Waals surface area contributed by atoms with Crippen molar-refractivity contribution in [2.45, 2.75) is 44.8 Å². The lowest BCUT2D eigenvalue weighted by Crippen LogP contribution is -2.22. The van der Waals surface area contributed by atoms with Gasteiger partial charge in [0.15, 0.2) is 0 Å². The van der Waals surface area contributed by atoms with Crippen LogP contribution in [0.1, 0.15) is 44.2 Å². The Hall–Kier alpha value is -1.10. The van der Waals surface area contributed by atoms with Crippen LogP contribution < -0.4 is 5.32 Å². The van der Waals surface area contributed by atoms with E-state index in [0.717, 1.165) is 18.5 Å². The first kappa shape index (κ1) is 15.0. The molecule has 1 heterocycles. The van der Waals surface area contributed by atoms with Crippen LogP contribution in [0.4, 0.5) is 13.2 Å². The van der Waals surface area contributed by atoms with E-state index in [1.807, 2.05) is 19.1 Å². The number of pyridine rings is 1. The number of alkyl halides is 3. The Morgan fingerprint density at radius 3 is 2.50 bits per heavy atom. The fourth-order valence-electron chi connectivity index (χ4n) is 1.81. The van der Waals surface area contributed by atoms with Crippen molar-refractivity contribution in [2.75, 3.05) is 6.54 Å². The maximum absolute atomic E-state index is 12.1. The van der Waals surface area contributed by atoms with Crippen LogP contribution in [0.3, 0.4) is 0 Å². The van der Waals surface area contributed by atoms with Crippen molar-refractivity contribution in [1.29, 1.82) is 0 Å². The van der Waals surface area contributed by atoms with E-state index in [1.165, 1.54) is 0 Å². The van der Waals surface area contributed by atoms with Crippen molar-refractivity contribution in [3.63, 3.8) is 0 Å². The number of aromatic nitrogens is 1. The van der Waals surface area contributed by atoms with Crippen molar-refractivity contribution in [3.05, 3.63) is 30.1 Å². The Labute approximate surface area is 106 Å².